The lowest BCUT2D eigenvalue weighted by Crippen LogP contribution is -2.48. The van der Waals surface area contributed by atoms with Crippen LogP contribution in [0.2, 0.25) is 0 Å². The topological polar surface area (TPSA) is 38.3 Å². The van der Waals surface area contributed by atoms with Gasteiger partial charge in [-0.2, -0.15) is 0 Å². The van der Waals surface area contributed by atoms with Gasteiger partial charge in [0.15, 0.2) is 0 Å². The molecule has 1 saturated heterocycles. The van der Waals surface area contributed by atoms with Crippen LogP contribution in [0, 0.1) is 0 Å². The lowest BCUT2D eigenvalue weighted by Gasteiger charge is -2.26. The van der Waals surface area contributed by atoms with Crippen LogP contribution in [0.25, 0.3) is 0 Å². The predicted octanol–water partition coefficient (Wildman–Crippen LogP) is 1.69. The molecule has 3 rings (SSSR count). The summed E-state index contributed by atoms with van der Waals surface area (Å²) < 4.78 is 5.03. The van der Waals surface area contributed by atoms with Crippen molar-refractivity contribution in [2.45, 2.75) is 24.8 Å². The Hall–Kier alpha value is -1.35. The maximum Gasteiger partial charge on any atom is 0.251 e. The van der Waals surface area contributed by atoms with Crippen LogP contribution in [0.1, 0.15) is 34.7 Å². The molecule has 1 aromatic rings. The zero-order valence-corrected chi connectivity index (χ0v) is 9.11. The van der Waals surface area contributed by atoms with Crippen molar-refractivity contribution < 1.29 is 9.53 Å². The van der Waals surface area contributed by atoms with Gasteiger partial charge in [-0.05, 0) is 36.5 Å². The summed E-state index contributed by atoms with van der Waals surface area (Å²) in [6.07, 6.45) is 2.53. The molecule has 3 heteroatoms. The summed E-state index contributed by atoms with van der Waals surface area (Å²) in [7, 11) is 0. The van der Waals surface area contributed by atoms with Gasteiger partial charge in [0.2, 0.25) is 0 Å². The maximum absolute atomic E-state index is 11.9. The third-order valence-electron chi connectivity index (χ3n) is 3.17. The zero-order chi connectivity index (χ0) is 11.0. The van der Waals surface area contributed by atoms with E-state index in [1.165, 1.54) is 18.4 Å². The van der Waals surface area contributed by atoms with Gasteiger partial charge in [-0.1, -0.05) is 12.1 Å². The quantitative estimate of drug-likeness (QED) is 0.836. The molecule has 16 heavy (non-hydrogen) atoms. The Kier molecular flexibility index (Phi) is 2.40. The number of carbonyl (C=O) groups excluding carboxylic acids is 1. The van der Waals surface area contributed by atoms with E-state index in [1.54, 1.807) is 0 Å². The lowest BCUT2D eigenvalue weighted by molar-refractivity contribution is -0.00346. The summed E-state index contributed by atoms with van der Waals surface area (Å²) in [6.45, 7) is 1.29. The van der Waals surface area contributed by atoms with Crippen molar-refractivity contribution in [3.63, 3.8) is 0 Å². The predicted molar refractivity (Wildman–Crippen MR) is 60.5 cm³/mol. The minimum atomic E-state index is 0.0239. The number of amides is 1. The van der Waals surface area contributed by atoms with E-state index in [-0.39, 0.29) is 11.9 Å². The number of hydrogen-bond acceptors (Lipinski definition) is 2. The maximum atomic E-state index is 11.9. The Morgan fingerprint density at radius 3 is 2.75 bits per heavy atom. The molecule has 0 bridgehead atoms. The van der Waals surface area contributed by atoms with E-state index in [2.05, 4.69) is 11.4 Å². The standard InChI is InChI=1S/C13H15NO2/c15-13(14-12-7-16-8-12)11-3-1-2-10(6-11)9-4-5-9/h1-3,6,9,12H,4-5,7-8H2,(H,14,15). The van der Waals surface area contributed by atoms with E-state index in [0.717, 1.165) is 5.56 Å². The normalized spacial score (nSPS) is 20.2. The molecule has 2 fully saturated rings. The van der Waals surface area contributed by atoms with Crippen molar-refractivity contribution in [2.75, 3.05) is 13.2 Å². The molecule has 0 radical (unpaired) electrons. The highest BCUT2D eigenvalue weighted by molar-refractivity contribution is 5.94. The van der Waals surface area contributed by atoms with Gasteiger partial charge in [-0.15, -0.1) is 0 Å². The van der Waals surface area contributed by atoms with Crippen LogP contribution in [0.5, 0.6) is 0 Å². The first-order valence-corrected chi connectivity index (χ1v) is 5.81. The number of benzene rings is 1. The lowest BCUT2D eigenvalue weighted by atomic mass is 10.1. The molecule has 0 aromatic heterocycles. The highest BCUT2D eigenvalue weighted by atomic mass is 16.5. The number of nitrogens with one attached hydrogen (secondary N) is 1. The summed E-state index contributed by atoms with van der Waals surface area (Å²) in [6, 6.07) is 8.19. The number of carbonyl (C=O) groups is 1. The minimum absolute atomic E-state index is 0.0239. The average molecular weight is 217 g/mol. The van der Waals surface area contributed by atoms with Gasteiger partial charge in [-0.3, -0.25) is 4.79 Å². The van der Waals surface area contributed by atoms with Crippen molar-refractivity contribution in [3.05, 3.63) is 35.4 Å². The summed E-state index contributed by atoms with van der Waals surface area (Å²) in [5.74, 6) is 0.718. The Morgan fingerprint density at radius 2 is 2.12 bits per heavy atom. The van der Waals surface area contributed by atoms with Crippen LogP contribution in [0.15, 0.2) is 24.3 Å². The van der Waals surface area contributed by atoms with Crippen molar-refractivity contribution in [1.82, 2.24) is 5.32 Å². The van der Waals surface area contributed by atoms with Crippen molar-refractivity contribution >= 4 is 5.91 Å². The van der Waals surface area contributed by atoms with Gasteiger partial charge in [-0.25, -0.2) is 0 Å². The van der Waals surface area contributed by atoms with Crippen LogP contribution in [0.3, 0.4) is 0 Å². The summed E-state index contributed by atoms with van der Waals surface area (Å²) in [5.41, 5.74) is 2.08. The number of ether oxygens (including phenoxy) is 1. The molecule has 0 spiro atoms. The van der Waals surface area contributed by atoms with E-state index in [9.17, 15) is 4.79 Å². The molecule has 1 aliphatic carbocycles. The van der Waals surface area contributed by atoms with Crippen molar-refractivity contribution in [3.8, 4) is 0 Å². The number of rotatable bonds is 3. The minimum Gasteiger partial charge on any atom is -0.377 e. The third-order valence-corrected chi connectivity index (χ3v) is 3.17. The highest BCUT2D eigenvalue weighted by Crippen LogP contribution is 2.40. The third kappa shape index (κ3) is 1.95. The van der Waals surface area contributed by atoms with Crippen molar-refractivity contribution in [1.29, 1.82) is 0 Å². The fourth-order valence-electron chi connectivity index (χ4n) is 1.94. The average Bonchev–Trinajstić information content (AvgIpc) is 3.07. The molecule has 1 saturated carbocycles. The van der Waals surface area contributed by atoms with Gasteiger partial charge in [0, 0.05) is 5.56 Å². The first-order chi connectivity index (χ1) is 7.83. The van der Waals surface area contributed by atoms with Gasteiger partial charge < -0.3 is 10.1 Å². The first-order valence-electron chi connectivity index (χ1n) is 5.81. The second-order valence-corrected chi connectivity index (χ2v) is 4.61. The fourth-order valence-corrected chi connectivity index (χ4v) is 1.94. The SMILES string of the molecule is O=C(NC1COC1)c1cccc(C2CC2)c1. The molecule has 1 aliphatic heterocycles. The Morgan fingerprint density at radius 1 is 1.31 bits per heavy atom. The Balaban J connectivity index is 1.71. The molecule has 1 aromatic carbocycles. The molecule has 1 heterocycles. The van der Waals surface area contributed by atoms with E-state index in [0.29, 0.717) is 19.1 Å². The molecular weight excluding hydrogens is 202 g/mol. The van der Waals surface area contributed by atoms with Crippen LogP contribution in [0.4, 0.5) is 0 Å². The zero-order valence-electron chi connectivity index (χ0n) is 9.11. The van der Waals surface area contributed by atoms with E-state index in [4.69, 9.17) is 4.74 Å². The van der Waals surface area contributed by atoms with Gasteiger partial charge in [0.05, 0.1) is 19.3 Å². The van der Waals surface area contributed by atoms with E-state index in [1.807, 2.05) is 18.2 Å². The highest BCUT2D eigenvalue weighted by Gasteiger charge is 2.25. The molecule has 1 amide bonds. The second kappa shape index (κ2) is 3.91. The smallest absolute Gasteiger partial charge is 0.251 e. The Bertz CT molecular complexity index is 408. The molecule has 0 atom stereocenters. The fraction of sp³-hybridized carbons (Fsp3) is 0.462. The van der Waals surface area contributed by atoms with Gasteiger partial charge >= 0.3 is 0 Å². The monoisotopic (exact) mass is 217 g/mol. The van der Waals surface area contributed by atoms with Crippen LogP contribution < -0.4 is 5.32 Å². The van der Waals surface area contributed by atoms with E-state index < -0.39 is 0 Å². The summed E-state index contributed by atoms with van der Waals surface area (Å²) in [5, 5.41) is 2.96. The number of hydrogen-bond donors (Lipinski definition) is 1. The summed E-state index contributed by atoms with van der Waals surface area (Å²) in [4.78, 5) is 11.9. The largest absolute Gasteiger partial charge is 0.377 e. The molecule has 2 aliphatic rings. The molecule has 3 nitrogen and oxygen atoms in total. The van der Waals surface area contributed by atoms with Gasteiger partial charge in [0.25, 0.3) is 5.91 Å². The van der Waals surface area contributed by atoms with Crippen LogP contribution >= 0.6 is 0 Å². The van der Waals surface area contributed by atoms with Crippen LogP contribution in [-0.4, -0.2) is 25.2 Å². The van der Waals surface area contributed by atoms with Crippen molar-refractivity contribution in [2.24, 2.45) is 0 Å². The molecule has 1 N–H and O–H groups in total. The molecule has 0 unspecified atom stereocenters. The first kappa shape index (κ1) is 9.85. The second-order valence-electron chi connectivity index (χ2n) is 4.61. The Labute approximate surface area is 94.8 Å². The summed E-state index contributed by atoms with van der Waals surface area (Å²) >= 11 is 0. The van der Waals surface area contributed by atoms with E-state index >= 15 is 0 Å². The van der Waals surface area contributed by atoms with Gasteiger partial charge in [0.1, 0.15) is 0 Å². The molecular formula is C13H15NO2. The molecule has 84 valence electrons. The van der Waals surface area contributed by atoms with Crippen LogP contribution in [-0.2, 0) is 4.74 Å².